The molecule has 0 aliphatic carbocycles. The van der Waals surface area contributed by atoms with Gasteiger partial charge < -0.3 is 36.9 Å². The number of nitrogens with one attached hydrogen (secondary N) is 1. The zero-order valence-electron chi connectivity index (χ0n) is 22.7. The van der Waals surface area contributed by atoms with Gasteiger partial charge in [0.2, 0.25) is 6.10 Å². The van der Waals surface area contributed by atoms with E-state index in [-0.39, 0.29) is 52.3 Å². The van der Waals surface area contributed by atoms with E-state index in [1.54, 1.807) is 27.5 Å². The van der Waals surface area contributed by atoms with E-state index in [9.17, 15) is 29.4 Å². The highest BCUT2D eigenvalue weighted by Crippen LogP contribution is 2.40. The Bertz CT molecular complexity index is 1760. The lowest BCUT2D eigenvalue weighted by atomic mass is 10.0. The molecule has 2 unspecified atom stereocenters. The van der Waals surface area contributed by atoms with Gasteiger partial charge in [0.15, 0.2) is 10.8 Å². The topological polar surface area (TPSA) is 252 Å². The number of pyridine rings is 1. The molecule has 44 heavy (non-hydrogen) atoms. The lowest BCUT2D eigenvalue weighted by Crippen LogP contribution is -2.71. The number of imidazole rings is 1. The van der Waals surface area contributed by atoms with Gasteiger partial charge in [-0.2, -0.15) is 0 Å². The number of β-lactam (4-membered cyclic amide) rings is 1. The van der Waals surface area contributed by atoms with E-state index in [1.165, 1.54) is 18.7 Å². The molecule has 2 amide bonds. The highest BCUT2D eigenvalue weighted by atomic mass is 35.5. The fourth-order valence-electron chi connectivity index (χ4n) is 4.67. The third-order valence-electron chi connectivity index (χ3n) is 6.72. The summed E-state index contributed by atoms with van der Waals surface area (Å²) in [5, 5.41) is 34.0. The fraction of sp³-hybridized carbons (Fsp3) is 0.333. The predicted molar refractivity (Wildman–Crippen MR) is 157 cm³/mol. The van der Waals surface area contributed by atoms with Gasteiger partial charge in [-0.25, -0.2) is 19.1 Å². The largest absolute Gasteiger partial charge is 0.478 e. The number of halogens is 1. The van der Waals surface area contributed by atoms with Crippen LogP contribution in [0.5, 0.6) is 0 Å². The first-order valence-electron chi connectivity index (χ1n) is 12.8. The lowest BCUT2D eigenvalue weighted by molar-refractivity contribution is -0.664. The lowest BCUT2D eigenvalue weighted by Gasteiger charge is -2.49. The number of thioether (sulfide) groups is 1. The number of carbonyl (C=O) groups excluding carboxylic acids is 2. The molecule has 0 saturated carbocycles. The number of nitrogens with two attached hydrogens (primary N) is 2. The van der Waals surface area contributed by atoms with Crippen LogP contribution in [0.3, 0.4) is 0 Å². The Morgan fingerprint density at radius 2 is 2.07 bits per heavy atom. The average molecular weight is 667 g/mol. The Morgan fingerprint density at radius 3 is 2.70 bits per heavy atom. The first-order chi connectivity index (χ1) is 20.9. The number of aromatic nitrogens is 4. The van der Waals surface area contributed by atoms with Crippen LogP contribution in [0.1, 0.15) is 12.6 Å². The first-order valence-corrected chi connectivity index (χ1v) is 15.0. The number of oxime groups is 1. The second-order valence-electron chi connectivity index (χ2n) is 9.51. The number of thiazole rings is 1. The molecule has 0 radical (unpaired) electrons. The maximum absolute atomic E-state index is 13.3. The van der Waals surface area contributed by atoms with Crippen molar-refractivity contribution < 1.29 is 43.9 Å². The van der Waals surface area contributed by atoms with Crippen molar-refractivity contribution in [2.45, 2.75) is 37.5 Å². The van der Waals surface area contributed by atoms with E-state index < -0.39 is 47.0 Å². The first kappa shape index (κ1) is 31.0. The number of rotatable bonds is 11. The van der Waals surface area contributed by atoms with E-state index in [0.29, 0.717) is 16.7 Å². The maximum atomic E-state index is 13.3. The minimum absolute atomic E-state index is 0.00527. The molecule has 232 valence electrons. The van der Waals surface area contributed by atoms with Crippen molar-refractivity contribution in [1.82, 2.24) is 24.8 Å². The summed E-state index contributed by atoms with van der Waals surface area (Å²) in [4.78, 5) is 64.5. The number of nitrogens with zero attached hydrogens (tertiary/aromatic N) is 6. The number of nitrogen functional groups attached to an aromatic ring is 2. The summed E-state index contributed by atoms with van der Waals surface area (Å²) in [6.07, 6.45) is 0.278. The van der Waals surface area contributed by atoms with Crippen molar-refractivity contribution in [3.63, 3.8) is 0 Å². The number of carboxylic acid groups (broad SMARTS) is 2. The van der Waals surface area contributed by atoms with E-state index in [0.717, 1.165) is 16.2 Å². The van der Waals surface area contributed by atoms with Gasteiger partial charge in [-0.15, -0.1) is 11.8 Å². The minimum Gasteiger partial charge on any atom is -0.478 e. The predicted octanol–water partition coefficient (Wildman–Crippen LogP) is -0.777. The zero-order valence-corrected chi connectivity index (χ0v) is 25.1. The summed E-state index contributed by atoms with van der Waals surface area (Å²) in [6.45, 7) is 1.34. The highest BCUT2D eigenvalue weighted by molar-refractivity contribution is 8.00. The van der Waals surface area contributed by atoms with E-state index in [1.807, 2.05) is 0 Å². The monoisotopic (exact) mass is 666 g/mol. The van der Waals surface area contributed by atoms with Crippen molar-refractivity contribution >= 4 is 86.4 Å². The van der Waals surface area contributed by atoms with Gasteiger partial charge in [0.05, 0.1) is 19.3 Å². The quantitative estimate of drug-likeness (QED) is 0.0637. The van der Waals surface area contributed by atoms with Gasteiger partial charge in [-0.3, -0.25) is 19.1 Å². The van der Waals surface area contributed by atoms with Crippen molar-refractivity contribution in [3.8, 4) is 0 Å². The minimum atomic E-state index is -1.42. The van der Waals surface area contributed by atoms with E-state index in [2.05, 4.69) is 20.4 Å². The molecule has 17 nitrogen and oxygen atoms in total. The van der Waals surface area contributed by atoms with Crippen LogP contribution in [-0.2, 0) is 37.1 Å². The number of aliphatic carboxylic acids is 2. The van der Waals surface area contributed by atoms with E-state index >= 15 is 0 Å². The number of carboxylic acids is 2. The van der Waals surface area contributed by atoms with Crippen molar-refractivity contribution in [1.29, 1.82) is 0 Å². The number of aliphatic hydroxyl groups is 1. The number of fused-ring (bicyclic) bond motifs is 2. The molecule has 2 aliphatic heterocycles. The van der Waals surface area contributed by atoms with Crippen LogP contribution < -0.4 is 21.4 Å². The molecular weight excluding hydrogens is 642 g/mol. The molecule has 3 aromatic heterocycles. The Hall–Kier alpha value is -4.46. The van der Waals surface area contributed by atoms with Gasteiger partial charge in [0, 0.05) is 11.3 Å². The molecule has 1 saturated heterocycles. The van der Waals surface area contributed by atoms with E-state index in [4.69, 9.17) is 33.0 Å². The molecule has 0 bridgehead atoms. The fourth-order valence-corrected chi connectivity index (χ4v) is 6.93. The molecule has 5 rings (SSSR count). The second kappa shape index (κ2) is 12.3. The molecule has 8 N–H and O–H groups in total. The zero-order chi connectivity index (χ0) is 31.9. The molecule has 0 spiro atoms. The number of amides is 2. The van der Waals surface area contributed by atoms with Crippen LogP contribution in [0.25, 0.3) is 11.2 Å². The Kier molecular flexibility index (Phi) is 8.64. The normalized spacial score (nSPS) is 19.0. The van der Waals surface area contributed by atoms with Gasteiger partial charge in [0.25, 0.3) is 11.8 Å². The number of anilines is 2. The number of hydrogen-bond donors (Lipinski definition) is 6. The van der Waals surface area contributed by atoms with Crippen molar-refractivity contribution in [2.75, 3.05) is 23.8 Å². The third kappa shape index (κ3) is 5.61. The summed E-state index contributed by atoms with van der Waals surface area (Å²) in [7, 11) is 0. The summed E-state index contributed by atoms with van der Waals surface area (Å²) in [5.74, 6) is -3.94. The van der Waals surface area contributed by atoms with Crippen LogP contribution >= 0.6 is 34.7 Å². The molecular formula is C24H25ClN9O8S2+. The molecule has 3 aromatic rings. The van der Waals surface area contributed by atoms with Gasteiger partial charge >= 0.3 is 23.5 Å². The third-order valence-corrected chi connectivity index (χ3v) is 9.14. The molecule has 2 aliphatic rings. The van der Waals surface area contributed by atoms with Gasteiger partial charge in [-0.05, 0) is 24.0 Å². The summed E-state index contributed by atoms with van der Waals surface area (Å²) in [5.41, 5.74) is 12.3. The summed E-state index contributed by atoms with van der Waals surface area (Å²) < 4.78 is 3.31. The standard InChI is InChI=1S/C24H24ClN9O8S2/c1-9(21(38)39)42-31-13(12-16(25)44-24(27)29-12)18(36)28-14-19(37)34-15(22(40)41)10(8-43-20(14)34)7-32-4-2-3-11-17(32)30-23(26)33(11)5-6-35/h2-4,9,14,20,26,35H,5-8H2,1H3,(H5,27,28,29,36,38,39,40,41)/p+1/t9-,14?,20?/m0/s1. The number of carbonyl (C=O) groups is 4. The van der Waals surface area contributed by atoms with Crippen LogP contribution in [0.2, 0.25) is 4.34 Å². The smallest absolute Gasteiger partial charge is 0.352 e. The summed E-state index contributed by atoms with van der Waals surface area (Å²) >= 11 is 8.23. The molecule has 1 fully saturated rings. The van der Waals surface area contributed by atoms with Crippen molar-refractivity contribution in [3.05, 3.63) is 39.6 Å². The molecule has 20 heteroatoms. The highest BCUT2D eigenvalue weighted by Gasteiger charge is 2.54. The van der Waals surface area contributed by atoms with Gasteiger partial charge in [0.1, 0.15) is 39.2 Å². The Balaban J connectivity index is 1.40. The molecule has 0 aromatic carbocycles. The Labute approximate surface area is 260 Å². The summed E-state index contributed by atoms with van der Waals surface area (Å²) in [6, 6.07) is 2.36. The SMILES string of the molecule is C[C@H](ON=C(C(=O)NC1C(=O)N2C(C(=O)O)=C(C[n+]3cccc4c3nc(N)n4CCO)CSC12)c1nc(N)sc1Cl)C(=O)O. The average Bonchev–Trinajstić information content (AvgIpc) is 3.48. The number of aliphatic hydroxyl groups excluding tert-OH is 1. The molecule has 3 atom stereocenters. The number of hydrogen-bond acceptors (Lipinski definition) is 13. The van der Waals surface area contributed by atoms with Crippen LogP contribution in [0, 0.1) is 0 Å². The van der Waals surface area contributed by atoms with Gasteiger partial charge in [-0.1, -0.05) is 28.1 Å². The molecule has 5 heterocycles. The van der Waals surface area contributed by atoms with Crippen LogP contribution in [0.15, 0.2) is 34.8 Å². The van der Waals surface area contributed by atoms with Crippen LogP contribution in [-0.4, -0.2) is 94.1 Å². The second-order valence-corrected chi connectivity index (χ2v) is 12.2. The Morgan fingerprint density at radius 1 is 1.32 bits per heavy atom. The maximum Gasteiger partial charge on any atom is 0.352 e. The van der Waals surface area contributed by atoms with Crippen molar-refractivity contribution in [2.24, 2.45) is 5.16 Å². The van der Waals surface area contributed by atoms with Crippen LogP contribution in [0.4, 0.5) is 11.1 Å².